The van der Waals surface area contributed by atoms with Gasteiger partial charge >= 0.3 is 0 Å². The minimum atomic E-state index is -0.206. The Morgan fingerprint density at radius 3 is 2.71 bits per heavy atom. The maximum atomic E-state index is 11.9. The lowest BCUT2D eigenvalue weighted by Gasteiger charge is -1.97. The van der Waals surface area contributed by atoms with Gasteiger partial charge < -0.3 is 4.98 Å². The summed E-state index contributed by atoms with van der Waals surface area (Å²) >= 11 is 0. The molecule has 7 nitrogen and oxygen atoms in total. The van der Waals surface area contributed by atoms with E-state index in [2.05, 4.69) is 30.7 Å². The van der Waals surface area contributed by atoms with Crippen molar-refractivity contribution in [1.29, 1.82) is 0 Å². The molecular formula is C17H12N6O. The number of para-hydroxylation sites is 1. The molecule has 2 N–H and O–H groups in total. The Labute approximate surface area is 136 Å². The van der Waals surface area contributed by atoms with Gasteiger partial charge in [-0.3, -0.25) is 4.79 Å². The number of hydrogen-bond donors (Lipinski definition) is 2. The predicted octanol–water partition coefficient (Wildman–Crippen LogP) is 2.79. The van der Waals surface area contributed by atoms with Crippen LogP contribution in [0.2, 0.25) is 0 Å². The molecule has 0 spiro atoms. The zero-order chi connectivity index (χ0) is 16.4. The van der Waals surface area contributed by atoms with Crippen LogP contribution < -0.4 is 5.43 Å². The van der Waals surface area contributed by atoms with E-state index in [0.717, 1.165) is 10.9 Å². The fourth-order valence-electron chi connectivity index (χ4n) is 2.39. The van der Waals surface area contributed by atoms with Crippen molar-refractivity contribution < 1.29 is 4.79 Å². The fourth-order valence-corrected chi connectivity index (χ4v) is 2.39. The van der Waals surface area contributed by atoms with Crippen molar-refractivity contribution in [3.63, 3.8) is 0 Å². The first-order valence-electron chi connectivity index (χ1n) is 7.31. The minimum absolute atomic E-state index is 0.206. The number of nitrogens with zero attached hydrogens (tertiary/aromatic N) is 4. The second-order valence-corrected chi connectivity index (χ2v) is 5.10. The Bertz CT molecular complexity index is 1050. The van der Waals surface area contributed by atoms with Gasteiger partial charge in [0, 0.05) is 16.5 Å². The van der Waals surface area contributed by atoms with Crippen molar-refractivity contribution in [2.24, 2.45) is 5.10 Å². The van der Waals surface area contributed by atoms with Crippen molar-refractivity contribution >= 4 is 40.0 Å². The largest absolute Gasteiger partial charge is 0.338 e. The summed E-state index contributed by atoms with van der Waals surface area (Å²) in [5.41, 5.74) is 5.43. The molecule has 2 aromatic heterocycles. The predicted molar refractivity (Wildman–Crippen MR) is 92.1 cm³/mol. The quantitative estimate of drug-likeness (QED) is 0.343. The van der Waals surface area contributed by atoms with Gasteiger partial charge in [0.15, 0.2) is 5.65 Å². The van der Waals surface area contributed by atoms with Gasteiger partial charge in [0.25, 0.3) is 5.95 Å². The summed E-state index contributed by atoms with van der Waals surface area (Å²) in [7, 11) is 0. The molecule has 0 unspecified atom stereocenters. The zero-order valence-electron chi connectivity index (χ0n) is 12.5. The first-order valence-corrected chi connectivity index (χ1v) is 7.31. The molecule has 4 aromatic rings. The van der Waals surface area contributed by atoms with E-state index in [9.17, 15) is 4.79 Å². The highest BCUT2D eigenvalue weighted by atomic mass is 16.1. The van der Waals surface area contributed by atoms with E-state index in [1.54, 1.807) is 24.3 Å². The first kappa shape index (κ1) is 14.0. The van der Waals surface area contributed by atoms with E-state index in [1.807, 2.05) is 30.3 Å². The van der Waals surface area contributed by atoms with Crippen molar-refractivity contribution in [3.05, 3.63) is 60.2 Å². The SMILES string of the molecule is O=C(/C=N\Nc1nnc2c(n1)[nH]c1ccccc12)c1ccccc1. The molecule has 0 fully saturated rings. The lowest BCUT2D eigenvalue weighted by molar-refractivity contribution is 0.107. The van der Waals surface area contributed by atoms with Crippen molar-refractivity contribution in [2.45, 2.75) is 0 Å². The van der Waals surface area contributed by atoms with E-state index >= 15 is 0 Å². The van der Waals surface area contributed by atoms with Crippen LogP contribution >= 0.6 is 0 Å². The van der Waals surface area contributed by atoms with Crippen molar-refractivity contribution in [2.75, 3.05) is 5.43 Å². The van der Waals surface area contributed by atoms with E-state index < -0.39 is 0 Å². The van der Waals surface area contributed by atoms with Crippen LogP contribution in [0.4, 0.5) is 5.95 Å². The van der Waals surface area contributed by atoms with E-state index in [4.69, 9.17) is 0 Å². The molecule has 0 saturated carbocycles. The van der Waals surface area contributed by atoms with Crippen molar-refractivity contribution in [3.8, 4) is 0 Å². The van der Waals surface area contributed by atoms with Gasteiger partial charge in [0.2, 0.25) is 5.78 Å². The molecule has 0 aliphatic rings. The maximum absolute atomic E-state index is 11.9. The summed E-state index contributed by atoms with van der Waals surface area (Å²) in [4.78, 5) is 19.4. The number of nitrogens with one attached hydrogen (secondary N) is 2. The molecular weight excluding hydrogens is 304 g/mol. The molecule has 2 heterocycles. The van der Waals surface area contributed by atoms with Gasteiger partial charge in [0.05, 0.1) is 6.21 Å². The molecule has 116 valence electrons. The minimum Gasteiger partial charge on any atom is -0.338 e. The van der Waals surface area contributed by atoms with Crippen LogP contribution in [0.3, 0.4) is 0 Å². The van der Waals surface area contributed by atoms with Crippen LogP contribution in [0.25, 0.3) is 22.1 Å². The molecule has 7 heteroatoms. The van der Waals surface area contributed by atoms with Gasteiger partial charge in [-0.15, -0.1) is 10.2 Å². The molecule has 0 bridgehead atoms. The topological polar surface area (TPSA) is 95.9 Å². The van der Waals surface area contributed by atoms with Gasteiger partial charge in [-0.1, -0.05) is 48.5 Å². The van der Waals surface area contributed by atoms with Crippen LogP contribution in [0, 0.1) is 0 Å². The summed E-state index contributed by atoms with van der Waals surface area (Å²) < 4.78 is 0. The number of hydrazone groups is 1. The molecule has 0 aliphatic heterocycles. The normalized spacial score (nSPS) is 11.3. The lowest BCUT2D eigenvalue weighted by atomic mass is 10.1. The van der Waals surface area contributed by atoms with Crippen LogP contribution in [0.5, 0.6) is 0 Å². The highest BCUT2D eigenvalue weighted by Gasteiger charge is 2.08. The highest BCUT2D eigenvalue weighted by Crippen LogP contribution is 2.21. The van der Waals surface area contributed by atoms with E-state index in [1.165, 1.54) is 6.21 Å². The monoisotopic (exact) mass is 316 g/mol. The maximum Gasteiger partial charge on any atom is 0.265 e. The van der Waals surface area contributed by atoms with Gasteiger partial charge in [-0.2, -0.15) is 10.1 Å². The molecule has 24 heavy (non-hydrogen) atoms. The Balaban J connectivity index is 1.55. The van der Waals surface area contributed by atoms with E-state index in [0.29, 0.717) is 16.7 Å². The number of fused-ring (bicyclic) bond motifs is 3. The molecule has 0 aliphatic carbocycles. The Hall–Kier alpha value is -3.61. The number of aromatic amines is 1. The Morgan fingerprint density at radius 2 is 1.83 bits per heavy atom. The fraction of sp³-hybridized carbons (Fsp3) is 0. The molecule has 4 rings (SSSR count). The third-order valence-corrected chi connectivity index (χ3v) is 3.53. The Morgan fingerprint density at radius 1 is 1.04 bits per heavy atom. The molecule has 0 amide bonds. The van der Waals surface area contributed by atoms with Gasteiger partial charge in [-0.25, -0.2) is 5.43 Å². The average Bonchev–Trinajstić information content (AvgIpc) is 3.00. The Kier molecular flexibility index (Phi) is 3.43. The summed E-state index contributed by atoms with van der Waals surface area (Å²) in [5.74, 6) is 0.00826. The number of H-pyrrole nitrogens is 1. The first-order chi connectivity index (χ1) is 11.8. The number of carbonyl (C=O) groups excluding carboxylic acids is 1. The standard InChI is InChI=1S/C17H12N6O/c24-14(11-6-2-1-3-7-11)10-18-22-17-20-16-15(21-23-17)12-8-4-5-9-13(12)19-16/h1-10H,(H2,19,20,22,23)/b18-10-. The summed E-state index contributed by atoms with van der Waals surface area (Å²) in [6.07, 6.45) is 1.19. The van der Waals surface area contributed by atoms with E-state index in [-0.39, 0.29) is 11.7 Å². The summed E-state index contributed by atoms with van der Waals surface area (Å²) in [6.45, 7) is 0. The van der Waals surface area contributed by atoms with Gasteiger partial charge in [-0.05, 0) is 6.07 Å². The van der Waals surface area contributed by atoms with Crippen LogP contribution in [-0.4, -0.2) is 32.2 Å². The molecule has 0 radical (unpaired) electrons. The zero-order valence-corrected chi connectivity index (χ0v) is 12.5. The van der Waals surface area contributed by atoms with Crippen LogP contribution in [0.1, 0.15) is 10.4 Å². The van der Waals surface area contributed by atoms with Crippen molar-refractivity contribution in [1.82, 2.24) is 20.2 Å². The number of carbonyl (C=O) groups is 1. The van der Waals surface area contributed by atoms with Crippen LogP contribution in [0.15, 0.2) is 59.7 Å². The third kappa shape index (κ3) is 2.58. The summed E-state index contributed by atoms with van der Waals surface area (Å²) in [6, 6.07) is 16.7. The third-order valence-electron chi connectivity index (χ3n) is 3.53. The molecule has 0 atom stereocenters. The number of Topliss-reactive ketones (excluding diaryl/α,β-unsaturated/α-hetero) is 1. The highest BCUT2D eigenvalue weighted by molar-refractivity contribution is 6.35. The lowest BCUT2D eigenvalue weighted by Crippen LogP contribution is -2.04. The number of hydrogen-bond acceptors (Lipinski definition) is 6. The number of benzene rings is 2. The number of ketones is 1. The second-order valence-electron chi connectivity index (χ2n) is 5.10. The second kappa shape index (κ2) is 5.88. The molecule has 2 aromatic carbocycles. The molecule has 0 saturated heterocycles. The van der Waals surface area contributed by atoms with Gasteiger partial charge in [0.1, 0.15) is 5.52 Å². The number of rotatable bonds is 4. The smallest absolute Gasteiger partial charge is 0.265 e. The van der Waals surface area contributed by atoms with Crippen LogP contribution in [-0.2, 0) is 0 Å². The average molecular weight is 316 g/mol. The summed E-state index contributed by atoms with van der Waals surface area (Å²) in [5, 5.41) is 13.0. The number of anilines is 1. The number of aromatic nitrogens is 4.